The molecule has 0 aliphatic rings. The van der Waals surface area contributed by atoms with Crippen molar-refractivity contribution in [2.75, 3.05) is 0 Å². The molecule has 19 heavy (non-hydrogen) atoms. The summed E-state index contributed by atoms with van der Waals surface area (Å²) in [4.78, 5) is 14.8. The fourth-order valence-electron chi connectivity index (χ4n) is 2.27. The SMILES string of the molecule is Cc1cc2cc[n+](Cc3ccccc3)cc2c(=O)[nH]1. The maximum absolute atomic E-state index is 11.9. The Morgan fingerprint density at radius 1 is 1.16 bits per heavy atom. The molecule has 0 aliphatic heterocycles. The zero-order chi connectivity index (χ0) is 13.2. The number of pyridine rings is 2. The number of hydrogen-bond acceptors (Lipinski definition) is 1. The second-order valence-corrected chi connectivity index (χ2v) is 4.75. The monoisotopic (exact) mass is 251 g/mol. The van der Waals surface area contributed by atoms with Crippen molar-refractivity contribution in [2.24, 2.45) is 0 Å². The summed E-state index contributed by atoms with van der Waals surface area (Å²) in [5.74, 6) is 0. The second-order valence-electron chi connectivity index (χ2n) is 4.75. The van der Waals surface area contributed by atoms with E-state index in [1.165, 1.54) is 5.56 Å². The first-order valence-electron chi connectivity index (χ1n) is 6.29. The van der Waals surface area contributed by atoms with Gasteiger partial charge in [-0.1, -0.05) is 30.3 Å². The summed E-state index contributed by atoms with van der Waals surface area (Å²) in [6.07, 6.45) is 3.91. The second kappa shape index (κ2) is 4.69. The van der Waals surface area contributed by atoms with Crippen molar-refractivity contribution >= 4 is 10.8 Å². The van der Waals surface area contributed by atoms with Crippen LogP contribution in [-0.4, -0.2) is 4.98 Å². The van der Waals surface area contributed by atoms with Gasteiger partial charge in [-0.25, -0.2) is 0 Å². The summed E-state index contributed by atoms with van der Waals surface area (Å²) in [7, 11) is 0. The summed E-state index contributed by atoms with van der Waals surface area (Å²) < 4.78 is 2.03. The Kier molecular flexibility index (Phi) is 2.88. The first-order valence-corrected chi connectivity index (χ1v) is 6.29. The van der Waals surface area contributed by atoms with Crippen LogP contribution in [0.15, 0.2) is 59.7 Å². The zero-order valence-electron chi connectivity index (χ0n) is 10.8. The van der Waals surface area contributed by atoms with Gasteiger partial charge in [0.1, 0.15) is 5.39 Å². The number of aromatic nitrogens is 2. The van der Waals surface area contributed by atoms with Gasteiger partial charge in [0.15, 0.2) is 18.9 Å². The highest BCUT2D eigenvalue weighted by atomic mass is 16.1. The minimum atomic E-state index is -0.0302. The van der Waals surface area contributed by atoms with Crippen LogP contribution in [0.5, 0.6) is 0 Å². The quantitative estimate of drug-likeness (QED) is 0.696. The lowest BCUT2D eigenvalue weighted by Gasteiger charge is -2.00. The van der Waals surface area contributed by atoms with Crippen molar-refractivity contribution in [1.29, 1.82) is 0 Å². The average molecular weight is 251 g/mol. The smallest absolute Gasteiger partial charge is 0.262 e. The van der Waals surface area contributed by atoms with E-state index in [1.54, 1.807) is 0 Å². The largest absolute Gasteiger partial charge is 0.326 e. The van der Waals surface area contributed by atoms with Crippen molar-refractivity contribution in [3.05, 3.63) is 76.5 Å². The predicted molar refractivity (Wildman–Crippen MR) is 75.0 cm³/mol. The molecule has 0 bridgehead atoms. The van der Waals surface area contributed by atoms with E-state index < -0.39 is 0 Å². The summed E-state index contributed by atoms with van der Waals surface area (Å²) >= 11 is 0. The van der Waals surface area contributed by atoms with Gasteiger partial charge in [-0.15, -0.1) is 0 Å². The van der Waals surface area contributed by atoms with Crippen molar-refractivity contribution in [3.63, 3.8) is 0 Å². The van der Waals surface area contributed by atoms with Gasteiger partial charge in [0, 0.05) is 22.7 Å². The molecule has 0 unspecified atom stereocenters. The summed E-state index contributed by atoms with van der Waals surface area (Å²) in [6, 6.07) is 14.2. The molecule has 3 aromatic rings. The Bertz CT molecular complexity index is 776. The lowest BCUT2D eigenvalue weighted by Crippen LogP contribution is -2.34. The molecule has 0 saturated heterocycles. The normalized spacial score (nSPS) is 10.8. The number of H-pyrrole nitrogens is 1. The Labute approximate surface area is 111 Å². The molecular formula is C16H15N2O+. The zero-order valence-corrected chi connectivity index (χ0v) is 10.8. The molecule has 0 amide bonds. The molecule has 0 saturated carbocycles. The lowest BCUT2D eigenvalue weighted by molar-refractivity contribution is -0.687. The molecule has 3 rings (SSSR count). The molecule has 0 fully saturated rings. The molecule has 3 heteroatoms. The van der Waals surface area contributed by atoms with Crippen LogP contribution in [-0.2, 0) is 6.54 Å². The third-order valence-corrected chi connectivity index (χ3v) is 3.19. The third-order valence-electron chi connectivity index (χ3n) is 3.19. The molecular weight excluding hydrogens is 236 g/mol. The Morgan fingerprint density at radius 3 is 2.74 bits per heavy atom. The van der Waals surface area contributed by atoms with Crippen LogP contribution in [0.3, 0.4) is 0 Å². The van der Waals surface area contributed by atoms with Gasteiger partial charge in [0.25, 0.3) is 5.56 Å². The molecule has 3 nitrogen and oxygen atoms in total. The number of hydrogen-bond donors (Lipinski definition) is 1. The molecule has 0 spiro atoms. The van der Waals surface area contributed by atoms with E-state index in [2.05, 4.69) is 17.1 Å². The number of rotatable bonds is 2. The predicted octanol–water partition coefficient (Wildman–Crippen LogP) is 2.17. The fraction of sp³-hybridized carbons (Fsp3) is 0.125. The number of aryl methyl sites for hydroxylation is 1. The van der Waals surface area contributed by atoms with Crippen molar-refractivity contribution in [1.82, 2.24) is 4.98 Å². The molecule has 0 atom stereocenters. The first kappa shape index (κ1) is 11.7. The Balaban J connectivity index is 2.05. The van der Waals surface area contributed by atoms with Crippen LogP contribution in [0, 0.1) is 6.92 Å². The minimum Gasteiger partial charge on any atom is -0.326 e. The third kappa shape index (κ3) is 2.40. The number of aromatic amines is 1. The van der Waals surface area contributed by atoms with E-state index in [1.807, 2.05) is 54.2 Å². The Hall–Kier alpha value is -2.42. The number of nitrogens with zero attached hydrogens (tertiary/aromatic N) is 1. The van der Waals surface area contributed by atoms with Crippen LogP contribution in [0.1, 0.15) is 11.3 Å². The highest BCUT2D eigenvalue weighted by Gasteiger charge is 2.07. The molecule has 2 aromatic heterocycles. The average Bonchev–Trinajstić information content (AvgIpc) is 2.40. The van der Waals surface area contributed by atoms with Crippen LogP contribution in [0.4, 0.5) is 0 Å². The maximum atomic E-state index is 11.9. The van der Waals surface area contributed by atoms with Gasteiger partial charge < -0.3 is 4.98 Å². The molecule has 2 heterocycles. The van der Waals surface area contributed by atoms with Crippen molar-refractivity contribution < 1.29 is 4.57 Å². The maximum Gasteiger partial charge on any atom is 0.262 e. The molecule has 1 aromatic carbocycles. The van der Waals surface area contributed by atoms with Crippen molar-refractivity contribution in [2.45, 2.75) is 13.5 Å². The van der Waals surface area contributed by atoms with Crippen LogP contribution >= 0.6 is 0 Å². The standard InChI is InChI=1S/C16H14N2O/c1-12-9-14-7-8-18(11-15(14)16(19)17-12)10-13-5-3-2-4-6-13/h2-9,11H,10H2,1H3/p+1. The summed E-state index contributed by atoms with van der Waals surface area (Å²) in [6.45, 7) is 2.66. The fourth-order valence-corrected chi connectivity index (χ4v) is 2.27. The Morgan fingerprint density at radius 2 is 1.95 bits per heavy atom. The van der Waals surface area contributed by atoms with Crippen LogP contribution in [0.2, 0.25) is 0 Å². The van der Waals surface area contributed by atoms with E-state index in [0.717, 1.165) is 23.0 Å². The number of nitrogens with one attached hydrogen (secondary N) is 1. The van der Waals surface area contributed by atoms with E-state index in [9.17, 15) is 4.79 Å². The van der Waals surface area contributed by atoms with Gasteiger partial charge in [0.2, 0.25) is 0 Å². The summed E-state index contributed by atoms with van der Waals surface area (Å²) in [5.41, 5.74) is 2.08. The van der Waals surface area contributed by atoms with E-state index >= 15 is 0 Å². The van der Waals surface area contributed by atoms with E-state index in [-0.39, 0.29) is 5.56 Å². The van der Waals surface area contributed by atoms with Gasteiger partial charge in [-0.3, -0.25) is 4.79 Å². The van der Waals surface area contributed by atoms with Crippen LogP contribution < -0.4 is 10.1 Å². The van der Waals surface area contributed by atoms with E-state index in [4.69, 9.17) is 0 Å². The number of fused-ring (bicyclic) bond motifs is 1. The molecule has 94 valence electrons. The highest BCUT2D eigenvalue weighted by Crippen LogP contribution is 2.07. The van der Waals surface area contributed by atoms with Crippen molar-refractivity contribution in [3.8, 4) is 0 Å². The van der Waals surface area contributed by atoms with Gasteiger partial charge >= 0.3 is 0 Å². The molecule has 0 radical (unpaired) electrons. The summed E-state index contributed by atoms with van der Waals surface area (Å²) in [5, 5.41) is 1.70. The van der Waals surface area contributed by atoms with Gasteiger partial charge in [-0.2, -0.15) is 4.57 Å². The lowest BCUT2D eigenvalue weighted by atomic mass is 10.2. The van der Waals surface area contributed by atoms with Gasteiger partial charge in [-0.05, 0) is 13.0 Å². The minimum absolute atomic E-state index is 0.0302. The van der Waals surface area contributed by atoms with Crippen LogP contribution in [0.25, 0.3) is 10.8 Å². The first-order chi connectivity index (χ1) is 9.22. The van der Waals surface area contributed by atoms with Gasteiger partial charge in [0.05, 0.1) is 0 Å². The molecule has 0 aliphatic carbocycles. The number of benzene rings is 1. The topological polar surface area (TPSA) is 36.7 Å². The molecule has 1 N–H and O–H groups in total. The van der Waals surface area contributed by atoms with E-state index in [0.29, 0.717) is 0 Å². The highest BCUT2D eigenvalue weighted by molar-refractivity contribution is 5.79.